The van der Waals surface area contributed by atoms with Gasteiger partial charge in [0.2, 0.25) is 10.0 Å². The van der Waals surface area contributed by atoms with E-state index in [2.05, 4.69) is 48.2 Å². The number of anilines is 2. The van der Waals surface area contributed by atoms with Crippen molar-refractivity contribution in [2.75, 3.05) is 10.0 Å². The molecule has 2 N–H and O–H groups in total. The second-order valence-corrected chi connectivity index (χ2v) is 8.76. The van der Waals surface area contributed by atoms with Crippen molar-refractivity contribution in [2.24, 2.45) is 0 Å². The van der Waals surface area contributed by atoms with Crippen LogP contribution in [0.25, 0.3) is 0 Å². The van der Waals surface area contributed by atoms with Crippen molar-refractivity contribution < 1.29 is 8.42 Å². The number of nitrogens with one attached hydrogen (secondary N) is 2. The van der Waals surface area contributed by atoms with Crippen LogP contribution in [0.5, 0.6) is 0 Å². The minimum absolute atomic E-state index is 0.451. The fourth-order valence-electron chi connectivity index (χ4n) is 2.16. The monoisotopic (exact) mass is 346 g/mol. The molecule has 0 aliphatic heterocycles. The molecule has 0 aliphatic carbocycles. The van der Waals surface area contributed by atoms with Crippen LogP contribution in [0.1, 0.15) is 44.7 Å². The Bertz CT molecular complexity index is 749. The topological polar surface area (TPSA) is 58.2 Å². The van der Waals surface area contributed by atoms with Gasteiger partial charge in [-0.15, -0.1) is 0 Å². The molecule has 0 spiro atoms. The van der Waals surface area contributed by atoms with Gasteiger partial charge in [0.25, 0.3) is 0 Å². The molecule has 0 heterocycles. The first-order valence-corrected chi connectivity index (χ1v) is 9.77. The van der Waals surface area contributed by atoms with E-state index >= 15 is 0 Å². The van der Waals surface area contributed by atoms with Gasteiger partial charge in [0.1, 0.15) is 0 Å². The third-order valence-electron chi connectivity index (χ3n) is 3.91. The summed E-state index contributed by atoms with van der Waals surface area (Å²) in [6, 6.07) is 15.9. The summed E-state index contributed by atoms with van der Waals surface area (Å²) in [6.07, 6.45) is 0. The molecule has 0 aliphatic rings. The molecule has 0 fully saturated rings. The maximum atomic E-state index is 11.8. The lowest BCUT2D eigenvalue weighted by molar-refractivity contribution is 0.593. The van der Waals surface area contributed by atoms with Gasteiger partial charge in [-0.3, -0.25) is 4.72 Å². The Balaban J connectivity index is 1.94. The van der Waals surface area contributed by atoms with Gasteiger partial charge in [-0.1, -0.05) is 38.1 Å². The minimum Gasteiger partial charge on any atom is -0.381 e. The van der Waals surface area contributed by atoms with E-state index in [1.807, 2.05) is 12.1 Å². The minimum atomic E-state index is -3.30. The smallest absolute Gasteiger partial charge is 0.235 e. The Kier molecular flexibility index (Phi) is 5.89. The molecule has 24 heavy (non-hydrogen) atoms. The normalized spacial score (nSPS) is 11.8. The molecule has 0 unspecified atom stereocenters. The first-order valence-electron chi connectivity index (χ1n) is 8.22. The lowest BCUT2D eigenvalue weighted by Gasteiger charge is -2.12. The van der Waals surface area contributed by atoms with E-state index < -0.39 is 15.3 Å². The zero-order valence-corrected chi connectivity index (χ0v) is 15.5. The van der Waals surface area contributed by atoms with Crippen molar-refractivity contribution in [1.82, 2.24) is 0 Å². The number of hydrogen-bond acceptors (Lipinski definition) is 3. The van der Waals surface area contributed by atoms with Crippen LogP contribution < -0.4 is 10.0 Å². The third kappa shape index (κ3) is 4.99. The molecule has 2 aromatic carbocycles. The summed E-state index contributed by atoms with van der Waals surface area (Å²) in [4.78, 5) is 0. The average Bonchev–Trinajstić information content (AvgIpc) is 2.54. The van der Waals surface area contributed by atoms with Gasteiger partial charge in [-0.05, 0) is 55.2 Å². The second-order valence-electron chi connectivity index (χ2n) is 6.52. The first-order chi connectivity index (χ1) is 11.3. The standard InChI is InChI=1S/C19H26N2O2S/c1-14(2)17-7-11-18(12-8-17)20-13-16-5-9-19(10-6-16)21-24(22,23)15(3)4/h5-12,14-15,20-21H,13H2,1-4H3. The van der Waals surface area contributed by atoms with Crippen LogP contribution in [-0.2, 0) is 16.6 Å². The molecule has 0 amide bonds. The summed E-state index contributed by atoms with van der Waals surface area (Å²) in [6.45, 7) is 8.36. The highest BCUT2D eigenvalue weighted by molar-refractivity contribution is 7.93. The van der Waals surface area contributed by atoms with Crippen molar-refractivity contribution in [2.45, 2.75) is 45.4 Å². The van der Waals surface area contributed by atoms with E-state index in [-0.39, 0.29) is 0 Å². The third-order valence-corrected chi connectivity index (χ3v) is 5.67. The maximum Gasteiger partial charge on any atom is 0.235 e. The predicted octanol–water partition coefficient (Wildman–Crippen LogP) is 4.57. The van der Waals surface area contributed by atoms with E-state index in [0.29, 0.717) is 18.2 Å². The molecule has 0 bridgehead atoms. The van der Waals surface area contributed by atoms with Gasteiger partial charge in [0.15, 0.2) is 0 Å². The largest absolute Gasteiger partial charge is 0.381 e. The van der Waals surface area contributed by atoms with Crippen LogP contribution >= 0.6 is 0 Å². The summed E-state index contributed by atoms with van der Waals surface area (Å²) in [5, 5.41) is 2.92. The lowest BCUT2D eigenvalue weighted by atomic mass is 10.0. The van der Waals surface area contributed by atoms with E-state index in [0.717, 1.165) is 11.3 Å². The molecule has 0 aromatic heterocycles. The van der Waals surface area contributed by atoms with Gasteiger partial charge in [0, 0.05) is 17.9 Å². The van der Waals surface area contributed by atoms with Crippen molar-refractivity contribution in [3.8, 4) is 0 Å². The fraction of sp³-hybridized carbons (Fsp3) is 0.368. The summed E-state index contributed by atoms with van der Waals surface area (Å²) in [7, 11) is -3.30. The van der Waals surface area contributed by atoms with Gasteiger partial charge in [-0.2, -0.15) is 0 Å². The Morgan fingerprint density at radius 1 is 0.833 bits per heavy atom. The molecule has 2 rings (SSSR count). The highest BCUT2D eigenvalue weighted by atomic mass is 32.2. The Hall–Kier alpha value is -2.01. The summed E-state index contributed by atoms with van der Waals surface area (Å²) >= 11 is 0. The summed E-state index contributed by atoms with van der Waals surface area (Å²) in [5.41, 5.74) is 4.08. The lowest BCUT2D eigenvalue weighted by Crippen LogP contribution is -2.22. The zero-order chi connectivity index (χ0) is 17.7. The van der Waals surface area contributed by atoms with Crippen molar-refractivity contribution >= 4 is 21.4 Å². The fourth-order valence-corrected chi connectivity index (χ4v) is 2.86. The molecule has 5 heteroatoms. The number of benzene rings is 2. The second kappa shape index (κ2) is 7.71. The van der Waals surface area contributed by atoms with Crippen LogP contribution in [0, 0.1) is 0 Å². The first kappa shape index (κ1) is 18.3. The van der Waals surface area contributed by atoms with E-state index in [1.54, 1.807) is 26.0 Å². The Morgan fingerprint density at radius 2 is 1.38 bits per heavy atom. The molecule has 130 valence electrons. The van der Waals surface area contributed by atoms with Crippen LogP contribution in [0.2, 0.25) is 0 Å². The molecular formula is C19H26N2O2S. The van der Waals surface area contributed by atoms with E-state index in [4.69, 9.17) is 0 Å². The predicted molar refractivity (Wildman–Crippen MR) is 102 cm³/mol. The zero-order valence-electron chi connectivity index (χ0n) is 14.7. The van der Waals surface area contributed by atoms with Crippen LogP contribution in [0.15, 0.2) is 48.5 Å². The molecule has 4 nitrogen and oxygen atoms in total. The van der Waals surface area contributed by atoms with Gasteiger partial charge in [-0.25, -0.2) is 8.42 Å². The van der Waals surface area contributed by atoms with Crippen LogP contribution in [0.4, 0.5) is 11.4 Å². The molecule has 0 saturated heterocycles. The van der Waals surface area contributed by atoms with Crippen LogP contribution in [-0.4, -0.2) is 13.7 Å². The highest BCUT2D eigenvalue weighted by Crippen LogP contribution is 2.18. The summed E-state index contributed by atoms with van der Waals surface area (Å²) < 4.78 is 26.3. The maximum absolute atomic E-state index is 11.8. The van der Waals surface area contributed by atoms with Crippen LogP contribution in [0.3, 0.4) is 0 Å². The van der Waals surface area contributed by atoms with E-state index in [9.17, 15) is 8.42 Å². The number of sulfonamides is 1. The molecule has 0 saturated carbocycles. The molecular weight excluding hydrogens is 320 g/mol. The molecule has 0 radical (unpaired) electrons. The quantitative estimate of drug-likeness (QED) is 0.772. The SMILES string of the molecule is CC(C)c1ccc(NCc2ccc(NS(=O)(=O)C(C)C)cc2)cc1. The number of rotatable bonds is 7. The molecule has 0 atom stereocenters. The average molecular weight is 346 g/mol. The van der Waals surface area contributed by atoms with Crippen molar-refractivity contribution in [3.63, 3.8) is 0 Å². The Labute approximate surface area is 145 Å². The van der Waals surface area contributed by atoms with E-state index in [1.165, 1.54) is 5.56 Å². The molecule has 2 aromatic rings. The van der Waals surface area contributed by atoms with Crippen molar-refractivity contribution in [3.05, 3.63) is 59.7 Å². The number of hydrogen-bond donors (Lipinski definition) is 2. The highest BCUT2D eigenvalue weighted by Gasteiger charge is 2.15. The van der Waals surface area contributed by atoms with Crippen molar-refractivity contribution in [1.29, 1.82) is 0 Å². The van der Waals surface area contributed by atoms with Gasteiger partial charge in [0.05, 0.1) is 5.25 Å². The van der Waals surface area contributed by atoms with Gasteiger partial charge >= 0.3 is 0 Å². The van der Waals surface area contributed by atoms with Gasteiger partial charge < -0.3 is 5.32 Å². The Morgan fingerprint density at radius 3 is 1.88 bits per heavy atom. The summed E-state index contributed by atoms with van der Waals surface area (Å²) in [5.74, 6) is 0.529.